The van der Waals surface area contributed by atoms with Crippen LogP contribution in [0.2, 0.25) is 0 Å². The quantitative estimate of drug-likeness (QED) is 0.910. The topological polar surface area (TPSA) is 51.0 Å². The maximum absolute atomic E-state index is 5.45. The first kappa shape index (κ1) is 13.1. The maximum Gasteiger partial charge on any atom is 0.228 e. The van der Waals surface area contributed by atoms with Crippen LogP contribution in [0.1, 0.15) is 75.4 Å². The molecule has 2 aliphatic rings. The Bertz CT molecular complexity index is 376. The highest BCUT2D eigenvalue weighted by Gasteiger charge is 2.22. The Hall–Kier alpha value is -0.900. The number of hydrogen-bond acceptors (Lipinski definition) is 4. The van der Waals surface area contributed by atoms with E-state index in [0.29, 0.717) is 12.0 Å². The molecule has 0 spiro atoms. The fraction of sp³-hybridized carbons (Fsp3) is 0.867. The van der Waals surface area contributed by atoms with E-state index >= 15 is 0 Å². The van der Waals surface area contributed by atoms with Gasteiger partial charge in [-0.15, -0.1) is 0 Å². The third kappa shape index (κ3) is 3.56. The molecule has 1 N–H and O–H groups in total. The van der Waals surface area contributed by atoms with Crippen molar-refractivity contribution in [3.05, 3.63) is 11.7 Å². The van der Waals surface area contributed by atoms with Crippen LogP contribution in [0.5, 0.6) is 0 Å². The molecule has 2 fully saturated rings. The average Bonchev–Trinajstić information content (AvgIpc) is 3.01. The molecule has 0 radical (unpaired) electrons. The second-order valence-electron chi connectivity index (χ2n) is 6.09. The van der Waals surface area contributed by atoms with Crippen molar-refractivity contribution in [1.29, 1.82) is 0 Å². The molecule has 0 amide bonds. The predicted octanol–water partition coefficient (Wildman–Crippen LogP) is 3.19. The maximum atomic E-state index is 5.45. The van der Waals surface area contributed by atoms with E-state index in [4.69, 9.17) is 4.52 Å². The van der Waals surface area contributed by atoms with E-state index < -0.39 is 0 Å². The second-order valence-corrected chi connectivity index (χ2v) is 6.09. The molecule has 1 saturated heterocycles. The summed E-state index contributed by atoms with van der Waals surface area (Å²) in [7, 11) is 0. The lowest BCUT2D eigenvalue weighted by Gasteiger charge is -2.15. The van der Waals surface area contributed by atoms with Gasteiger partial charge in [0.15, 0.2) is 5.82 Å². The van der Waals surface area contributed by atoms with Gasteiger partial charge in [0, 0.05) is 18.4 Å². The first-order chi connectivity index (χ1) is 9.42. The largest absolute Gasteiger partial charge is 0.339 e. The van der Waals surface area contributed by atoms with Gasteiger partial charge in [-0.05, 0) is 32.2 Å². The van der Waals surface area contributed by atoms with E-state index in [1.165, 1.54) is 57.8 Å². The van der Waals surface area contributed by atoms with Crippen LogP contribution >= 0.6 is 0 Å². The molecule has 1 unspecified atom stereocenters. The molecule has 1 atom stereocenters. The summed E-state index contributed by atoms with van der Waals surface area (Å²) in [6, 6.07) is 0.547. The zero-order chi connectivity index (χ0) is 12.9. The van der Waals surface area contributed by atoms with Crippen LogP contribution in [-0.4, -0.2) is 22.7 Å². The first-order valence-corrected chi connectivity index (χ1v) is 7.97. The zero-order valence-electron chi connectivity index (χ0n) is 11.7. The number of rotatable bonds is 3. The van der Waals surface area contributed by atoms with E-state index in [2.05, 4.69) is 15.5 Å². The fourth-order valence-electron chi connectivity index (χ4n) is 3.37. The molecule has 1 aliphatic heterocycles. The molecule has 3 rings (SSSR count). The van der Waals surface area contributed by atoms with Crippen LogP contribution in [-0.2, 0) is 6.42 Å². The van der Waals surface area contributed by atoms with Crippen molar-refractivity contribution in [2.45, 2.75) is 76.2 Å². The van der Waals surface area contributed by atoms with Crippen LogP contribution in [0.3, 0.4) is 0 Å². The van der Waals surface area contributed by atoms with Gasteiger partial charge in [-0.2, -0.15) is 4.98 Å². The van der Waals surface area contributed by atoms with Gasteiger partial charge in [0.1, 0.15) is 0 Å². The molecular formula is C15H25N3O. The van der Waals surface area contributed by atoms with Gasteiger partial charge in [0.05, 0.1) is 0 Å². The molecule has 2 heterocycles. The van der Waals surface area contributed by atoms with Crippen molar-refractivity contribution in [1.82, 2.24) is 15.5 Å². The lowest BCUT2D eigenvalue weighted by Crippen LogP contribution is -2.23. The lowest BCUT2D eigenvalue weighted by atomic mass is 9.91. The standard InChI is InChI=1S/C15H25N3O/c1-2-4-7-12(8-5-3-1)15-17-14(19-18-15)11-13-9-6-10-16-13/h12-13,16H,1-11H2. The fourth-order valence-corrected chi connectivity index (χ4v) is 3.37. The van der Waals surface area contributed by atoms with Gasteiger partial charge in [-0.1, -0.05) is 37.3 Å². The van der Waals surface area contributed by atoms with Crippen LogP contribution in [0.4, 0.5) is 0 Å². The molecular weight excluding hydrogens is 238 g/mol. The Morgan fingerprint density at radius 3 is 2.53 bits per heavy atom. The summed E-state index contributed by atoms with van der Waals surface area (Å²) in [5, 5.41) is 7.72. The van der Waals surface area contributed by atoms with Crippen molar-refractivity contribution in [3.63, 3.8) is 0 Å². The minimum atomic E-state index is 0.536. The molecule has 4 heteroatoms. The van der Waals surface area contributed by atoms with Crippen molar-refractivity contribution in [2.24, 2.45) is 0 Å². The Labute approximate surface area is 115 Å². The summed E-state index contributed by atoms with van der Waals surface area (Å²) in [5.74, 6) is 2.33. The summed E-state index contributed by atoms with van der Waals surface area (Å²) < 4.78 is 5.45. The Morgan fingerprint density at radius 2 is 1.79 bits per heavy atom. The van der Waals surface area contributed by atoms with Crippen LogP contribution in [0.25, 0.3) is 0 Å². The normalized spacial score (nSPS) is 26.2. The van der Waals surface area contributed by atoms with Gasteiger partial charge in [-0.25, -0.2) is 0 Å². The van der Waals surface area contributed by atoms with E-state index in [1.807, 2.05) is 0 Å². The minimum absolute atomic E-state index is 0.536. The molecule has 4 nitrogen and oxygen atoms in total. The Kier molecular flexibility index (Phi) is 4.49. The summed E-state index contributed by atoms with van der Waals surface area (Å²) in [6.07, 6.45) is 12.7. The highest BCUT2D eigenvalue weighted by atomic mass is 16.5. The van der Waals surface area contributed by atoms with E-state index in [-0.39, 0.29) is 0 Å². The number of nitrogens with one attached hydrogen (secondary N) is 1. The average molecular weight is 263 g/mol. The third-order valence-corrected chi connectivity index (χ3v) is 4.54. The predicted molar refractivity (Wildman–Crippen MR) is 74.1 cm³/mol. The van der Waals surface area contributed by atoms with Gasteiger partial charge in [-0.3, -0.25) is 0 Å². The summed E-state index contributed by atoms with van der Waals surface area (Å²) >= 11 is 0. The van der Waals surface area contributed by atoms with Gasteiger partial charge >= 0.3 is 0 Å². The van der Waals surface area contributed by atoms with Crippen molar-refractivity contribution < 1.29 is 4.52 Å². The third-order valence-electron chi connectivity index (χ3n) is 4.54. The number of nitrogens with zero attached hydrogens (tertiary/aromatic N) is 2. The van der Waals surface area contributed by atoms with E-state index in [1.54, 1.807) is 0 Å². The van der Waals surface area contributed by atoms with Crippen molar-refractivity contribution in [2.75, 3.05) is 6.54 Å². The van der Waals surface area contributed by atoms with Crippen LogP contribution in [0, 0.1) is 0 Å². The number of hydrogen-bond donors (Lipinski definition) is 1. The monoisotopic (exact) mass is 263 g/mol. The van der Waals surface area contributed by atoms with Gasteiger partial charge in [0.2, 0.25) is 5.89 Å². The van der Waals surface area contributed by atoms with Crippen LogP contribution in [0.15, 0.2) is 4.52 Å². The van der Waals surface area contributed by atoms with E-state index in [0.717, 1.165) is 24.7 Å². The lowest BCUT2D eigenvalue weighted by molar-refractivity contribution is 0.351. The summed E-state index contributed by atoms with van der Waals surface area (Å²) in [5.41, 5.74) is 0. The van der Waals surface area contributed by atoms with E-state index in [9.17, 15) is 0 Å². The minimum Gasteiger partial charge on any atom is -0.339 e. The van der Waals surface area contributed by atoms with Gasteiger partial charge < -0.3 is 9.84 Å². The summed E-state index contributed by atoms with van der Waals surface area (Å²) in [6.45, 7) is 1.13. The smallest absolute Gasteiger partial charge is 0.228 e. The van der Waals surface area contributed by atoms with Crippen molar-refractivity contribution >= 4 is 0 Å². The molecule has 1 aromatic rings. The Morgan fingerprint density at radius 1 is 1.00 bits per heavy atom. The molecule has 0 aromatic carbocycles. The van der Waals surface area contributed by atoms with Crippen LogP contribution < -0.4 is 5.32 Å². The molecule has 1 aromatic heterocycles. The number of aromatic nitrogens is 2. The molecule has 0 bridgehead atoms. The Balaban J connectivity index is 1.59. The van der Waals surface area contributed by atoms with Gasteiger partial charge in [0.25, 0.3) is 0 Å². The first-order valence-electron chi connectivity index (χ1n) is 7.97. The highest BCUT2D eigenvalue weighted by molar-refractivity contribution is 4.97. The SMILES string of the molecule is C1CCCC(c2noc(CC3CCCN3)n2)CCC1. The highest BCUT2D eigenvalue weighted by Crippen LogP contribution is 2.29. The zero-order valence-corrected chi connectivity index (χ0v) is 11.7. The molecule has 1 saturated carbocycles. The molecule has 19 heavy (non-hydrogen) atoms. The second kappa shape index (κ2) is 6.51. The molecule has 1 aliphatic carbocycles. The molecule has 106 valence electrons. The summed E-state index contributed by atoms with van der Waals surface area (Å²) in [4.78, 5) is 4.65. The van der Waals surface area contributed by atoms with Crippen molar-refractivity contribution in [3.8, 4) is 0 Å².